The molecule has 0 bridgehead atoms. The Morgan fingerprint density at radius 1 is 0.906 bits per heavy atom. The molecule has 3 aromatic carbocycles. The molecule has 3 aromatic rings. The second-order valence-corrected chi connectivity index (χ2v) is 8.54. The van der Waals surface area contributed by atoms with Crippen LogP contribution in [-0.2, 0) is 6.61 Å². The molecule has 2 aliphatic rings. The molecule has 1 saturated heterocycles. The van der Waals surface area contributed by atoms with Gasteiger partial charge in [-0.15, -0.1) is 12.4 Å². The van der Waals surface area contributed by atoms with Gasteiger partial charge in [-0.3, -0.25) is 4.90 Å². The predicted molar refractivity (Wildman–Crippen MR) is 132 cm³/mol. The summed E-state index contributed by atoms with van der Waals surface area (Å²) < 4.78 is 6.14. The van der Waals surface area contributed by atoms with Crippen molar-refractivity contribution in [2.24, 2.45) is 0 Å². The van der Waals surface area contributed by atoms with Crippen LogP contribution >= 0.6 is 12.4 Å². The van der Waals surface area contributed by atoms with E-state index in [0.717, 1.165) is 43.1 Å². The number of hydrogen-bond donors (Lipinski definition) is 1. The SMILES string of the molecule is Cl.O[C@H](CCN1CCC[C@@H]1CN1c2ccccc2COc2ccccc21)c1ccccc1. The molecule has 0 amide bonds. The molecule has 2 heterocycles. The molecule has 1 fully saturated rings. The van der Waals surface area contributed by atoms with Gasteiger partial charge >= 0.3 is 0 Å². The Kier molecular flexibility index (Phi) is 7.36. The first-order valence-corrected chi connectivity index (χ1v) is 11.3. The molecule has 1 N–H and O–H groups in total. The molecule has 2 atom stereocenters. The Balaban J connectivity index is 0.00000245. The minimum Gasteiger partial charge on any atom is -0.487 e. The first kappa shape index (κ1) is 22.7. The maximum absolute atomic E-state index is 10.6. The average Bonchev–Trinajstić information content (AvgIpc) is 3.21. The summed E-state index contributed by atoms with van der Waals surface area (Å²) in [5, 5.41) is 10.6. The predicted octanol–water partition coefficient (Wildman–Crippen LogP) is 5.73. The normalized spacial score (nSPS) is 18.7. The molecule has 168 valence electrons. The van der Waals surface area contributed by atoms with Gasteiger partial charge in [0.2, 0.25) is 0 Å². The number of ether oxygens (including phenoxy) is 1. The monoisotopic (exact) mass is 450 g/mol. The van der Waals surface area contributed by atoms with E-state index in [1.165, 1.54) is 24.1 Å². The molecule has 0 saturated carbocycles. The highest BCUT2D eigenvalue weighted by molar-refractivity contribution is 5.85. The van der Waals surface area contributed by atoms with Gasteiger partial charge in [0, 0.05) is 30.4 Å². The van der Waals surface area contributed by atoms with Crippen LogP contribution in [0.25, 0.3) is 0 Å². The number of likely N-dealkylation sites (tertiary alicyclic amines) is 1. The Labute approximate surface area is 196 Å². The minimum atomic E-state index is -0.407. The number of para-hydroxylation sites is 3. The topological polar surface area (TPSA) is 35.9 Å². The zero-order valence-electron chi connectivity index (χ0n) is 18.3. The quantitative estimate of drug-likeness (QED) is 0.520. The summed E-state index contributed by atoms with van der Waals surface area (Å²) in [6.45, 7) is 3.54. The van der Waals surface area contributed by atoms with E-state index < -0.39 is 6.10 Å². The number of fused-ring (bicyclic) bond motifs is 2. The molecule has 2 aliphatic heterocycles. The number of aliphatic hydroxyl groups excluding tert-OH is 1. The third kappa shape index (κ3) is 4.78. The highest BCUT2D eigenvalue weighted by Gasteiger charge is 2.30. The van der Waals surface area contributed by atoms with Crippen molar-refractivity contribution < 1.29 is 9.84 Å². The number of halogens is 1. The number of aliphatic hydroxyl groups is 1. The summed E-state index contributed by atoms with van der Waals surface area (Å²) in [5.74, 6) is 0.947. The second kappa shape index (κ2) is 10.4. The fourth-order valence-corrected chi connectivity index (χ4v) is 4.92. The van der Waals surface area contributed by atoms with Crippen LogP contribution in [0.4, 0.5) is 11.4 Å². The van der Waals surface area contributed by atoms with Crippen LogP contribution in [0.1, 0.15) is 36.5 Å². The molecule has 0 aliphatic carbocycles. The standard InChI is InChI=1S/C27H30N2O2.ClH/c30-26(21-9-2-1-3-10-21)16-18-28-17-8-12-23(28)19-29-24-13-5-4-11-22(24)20-31-27-15-7-6-14-25(27)29;/h1-7,9-11,13-15,23,26,30H,8,12,16-20H2;1H/t23-,26-;/m1./s1. The molecular formula is C27H31ClN2O2. The van der Waals surface area contributed by atoms with Crippen LogP contribution in [0, 0.1) is 0 Å². The van der Waals surface area contributed by atoms with Gasteiger partial charge in [-0.2, -0.15) is 0 Å². The van der Waals surface area contributed by atoms with Gasteiger partial charge < -0.3 is 14.7 Å². The van der Waals surface area contributed by atoms with Crippen molar-refractivity contribution in [1.82, 2.24) is 4.90 Å². The van der Waals surface area contributed by atoms with E-state index in [9.17, 15) is 5.11 Å². The van der Waals surface area contributed by atoms with Crippen LogP contribution < -0.4 is 9.64 Å². The lowest BCUT2D eigenvalue weighted by Gasteiger charge is -2.33. The minimum absolute atomic E-state index is 0. The van der Waals surface area contributed by atoms with E-state index in [2.05, 4.69) is 52.3 Å². The lowest BCUT2D eigenvalue weighted by Crippen LogP contribution is -2.39. The summed E-state index contributed by atoms with van der Waals surface area (Å²) in [7, 11) is 0. The summed E-state index contributed by atoms with van der Waals surface area (Å²) in [5.41, 5.74) is 4.61. The molecule has 0 spiro atoms. The molecule has 0 radical (unpaired) electrons. The summed E-state index contributed by atoms with van der Waals surface area (Å²) in [6, 6.07) is 27.4. The third-order valence-electron chi connectivity index (χ3n) is 6.59. The lowest BCUT2D eigenvalue weighted by molar-refractivity contribution is 0.138. The van der Waals surface area contributed by atoms with Gasteiger partial charge in [-0.1, -0.05) is 60.7 Å². The summed E-state index contributed by atoms with van der Waals surface area (Å²) in [6.07, 6.45) is 2.75. The van der Waals surface area contributed by atoms with Crippen molar-refractivity contribution in [3.8, 4) is 5.75 Å². The van der Waals surface area contributed by atoms with Crippen molar-refractivity contribution in [2.75, 3.05) is 24.5 Å². The van der Waals surface area contributed by atoms with E-state index in [-0.39, 0.29) is 12.4 Å². The fraction of sp³-hybridized carbons (Fsp3) is 0.333. The van der Waals surface area contributed by atoms with Crippen LogP contribution in [-0.4, -0.2) is 35.7 Å². The molecule has 0 aromatic heterocycles. The van der Waals surface area contributed by atoms with Crippen molar-refractivity contribution >= 4 is 23.8 Å². The molecule has 0 unspecified atom stereocenters. The van der Waals surface area contributed by atoms with Crippen LogP contribution in [0.2, 0.25) is 0 Å². The maximum atomic E-state index is 10.6. The Hall–Kier alpha value is -2.53. The van der Waals surface area contributed by atoms with Crippen molar-refractivity contribution in [3.05, 3.63) is 90.0 Å². The molecule has 4 nitrogen and oxygen atoms in total. The second-order valence-electron chi connectivity index (χ2n) is 8.54. The van der Waals surface area contributed by atoms with Gasteiger partial charge in [0.1, 0.15) is 12.4 Å². The van der Waals surface area contributed by atoms with Crippen LogP contribution in [0.5, 0.6) is 5.75 Å². The highest BCUT2D eigenvalue weighted by atomic mass is 35.5. The Bertz CT molecular complexity index is 966. The fourth-order valence-electron chi connectivity index (χ4n) is 4.92. The zero-order chi connectivity index (χ0) is 21.0. The first-order valence-electron chi connectivity index (χ1n) is 11.3. The first-order chi connectivity index (χ1) is 15.3. The van der Waals surface area contributed by atoms with E-state index in [1.807, 2.05) is 36.4 Å². The molecule has 32 heavy (non-hydrogen) atoms. The Morgan fingerprint density at radius 3 is 2.47 bits per heavy atom. The smallest absolute Gasteiger partial charge is 0.143 e. The number of nitrogens with zero attached hydrogens (tertiary/aromatic N) is 2. The van der Waals surface area contributed by atoms with Gasteiger partial charge in [0.25, 0.3) is 0 Å². The zero-order valence-corrected chi connectivity index (χ0v) is 19.1. The summed E-state index contributed by atoms with van der Waals surface area (Å²) >= 11 is 0. The van der Waals surface area contributed by atoms with Gasteiger partial charge in [-0.25, -0.2) is 0 Å². The number of benzene rings is 3. The van der Waals surface area contributed by atoms with E-state index >= 15 is 0 Å². The summed E-state index contributed by atoms with van der Waals surface area (Å²) in [4.78, 5) is 5.00. The van der Waals surface area contributed by atoms with E-state index in [1.54, 1.807) is 0 Å². The van der Waals surface area contributed by atoms with Gasteiger partial charge in [0.15, 0.2) is 0 Å². The molecular weight excluding hydrogens is 420 g/mol. The van der Waals surface area contributed by atoms with Crippen LogP contribution in [0.15, 0.2) is 78.9 Å². The highest BCUT2D eigenvalue weighted by Crippen LogP contribution is 2.40. The lowest BCUT2D eigenvalue weighted by atomic mass is 10.1. The van der Waals surface area contributed by atoms with E-state index in [4.69, 9.17) is 4.74 Å². The van der Waals surface area contributed by atoms with E-state index in [0.29, 0.717) is 12.6 Å². The number of anilines is 2. The third-order valence-corrected chi connectivity index (χ3v) is 6.59. The molecule has 5 heteroatoms. The average molecular weight is 451 g/mol. The Morgan fingerprint density at radius 2 is 1.62 bits per heavy atom. The van der Waals surface area contributed by atoms with Gasteiger partial charge in [-0.05, 0) is 49.6 Å². The maximum Gasteiger partial charge on any atom is 0.143 e. The van der Waals surface area contributed by atoms with Gasteiger partial charge in [0.05, 0.1) is 11.8 Å². The van der Waals surface area contributed by atoms with Crippen molar-refractivity contribution in [3.63, 3.8) is 0 Å². The number of rotatable bonds is 6. The van der Waals surface area contributed by atoms with Crippen molar-refractivity contribution in [1.29, 1.82) is 0 Å². The van der Waals surface area contributed by atoms with Crippen molar-refractivity contribution in [2.45, 2.75) is 38.0 Å². The molecule has 5 rings (SSSR count). The van der Waals surface area contributed by atoms with Crippen LogP contribution in [0.3, 0.4) is 0 Å². The number of hydrogen-bond acceptors (Lipinski definition) is 4. The largest absolute Gasteiger partial charge is 0.487 e.